The first-order valence-corrected chi connectivity index (χ1v) is 25.7. The normalized spacial score (nSPS) is 21.5. The number of aliphatic hydroxyl groups is 7. The highest BCUT2D eigenvalue weighted by atomic mass is 16.7. The lowest BCUT2D eigenvalue weighted by Crippen LogP contribution is -2.60. The summed E-state index contributed by atoms with van der Waals surface area (Å²) in [5, 5.41) is 75.8. The molecule has 9 unspecified atom stereocenters. The van der Waals surface area contributed by atoms with Crippen LogP contribution in [0.4, 0.5) is 0 Å². The van der Waals surface area contributed by atoms with Crippen molar-refractivity contribution in [3.63, 3.8) is 0 Å². The number of amides is 1. The largest absolute Gasteiger partial charge is 0.394 e. The Labute approximate surface area is 378 Å². The Bertz CT molecular complexity index is 1060. The standard InChI is InChI=1S/C51H97NO10/c1-3-5-7-9-11-13-15-17-19-20-21-22-23-24-25-27-29-31-33-35-37-39-44(55)50(60)52-42(41-61-51-49(59)48(58)47(57)45(40-53)62-51)46(56)43(54)38-36-34-32-30-28-26-18-16-14-12-10-8-6-4-2/h23-24,30,32,42-49,51,53-59H,3-22,25-29,31,33-41H2,1-2H3,(H,52,60)/b24-23-,32-30+. The molecule has 11 nitrogen and oxygen atoms in total. The lowest BCUT2D eigenvalue weighted by molar-refractivity contribution is -0.303. The first-order valence-electron chi connectivity index (χ1n) is 25.7. The fraction of sp³-hybridized carbons (Fsp3) is 0.902. The van der Waals surface area contributed by atoms with Gasteiger partial charge in [-0.1, -0.05) is 186 Å². The van der Waals surface area contributed by atoms with Crippen LogP contribution in [-0.4, -0.2) is 110 Å². The third-order valence-corrected chi connectivity index (χ3v) is 12.5. The predicted octanol–water partition coefficient (Wildman–Crippen LogP) is 9.40. The summed E-state index contributed by atoms with van der Waals surface area (Å²) in [6.07, 6.45) is 35.1. The monoisotopic (exact) mass is 884 g/mol. The van der Waals surface area contributed by atoms with E-state index < -0.39 is 74.2 Å². The summed E-state index contributed by atoms with van der Waals surface area (Å²) in [5.41, 5.74) is 0. The maximum atomic E-state index is 13.1. The van der Waals surface area contributed by atoms with Crippen LogP contribution < -0.4 is 5.32 Å². The van der Waals surface area contributed by atoms with E-state index in [1.807, 2.05) is 0 Å². The van der Waals surface area contributed by atoms with Gasteiger partial charge in [-0.05, 0) is 64.2 Å². The molecule has 1 heterocycles. The van der Waals surface area contributed by atoms with E-state index in [1.54, 1.807) is 0 Å². The number of carbonyl (C=O) groups is 1. The van der Waals surface area contributed by atoms with E-state index in [4.69, 9.17) is 9.47 Å². The van der Waals surface area contributed by atoms with Gasteiger partial charge in [-0.2, -0.15) is 0 Å². The zero-order valence-corrected chi connectivity index (χ0v) is 39.6. The average Bonchev–Trinajstić information content (AvgIpc) is 3.27. The van der Waals surface area contributed by atoms with Gasteiger partial charge < -0.3 is 50.5 Å². The molecule has 8 N–H and O–H groups in total. The maximum absolute atomic E-state index is 13.1. The van der Waals surface area contributed by atoms with Gasteiger partial charge in [0.2, 0.25) is 5.91 Å². The molecule has 1 aliphatic heterocycles. The summed E-state index contributed by atoms with van der Waals surface area (Å²) < 4.78 is 11.1. The molecule has 0 spiro atoms. The zero-order chi connectivity index (χ0) is 45.5. The van der Waals surface area contributed by atoms with Crippen LogP contribution in [0.3, 0.4) is 0 Å². The first kappa shape index (κ1) is 58.6. The van der Waals surface area contributed by atoms with Crippen LogP contribution in [0.5, 0.6) is 0 Å². The second-order valence-corrected chi connectivity index (χ2v) is 18.2. The molecule has 1 fully saturated rings. The van der Waals surface area contributed by atoms with Crippen molar-refractivity contribution < 1.29 is 50.0 Å². The molecule has 0 radical (unpaired) electrons. The molecule has 0 aromatic carbocycles. The summed E-state index contributed by atoms with van der Waals surface area (Å²) in [7, 11) is 0. The minimum atomic E-state index is -1.67. The van der Waals surface area contributed by atoms with Crippen molar-refractivity contribution in [1.29, 1.82) is 0 Å². The number of ether oxygens (including phenoxy) is 2. The van der Waals surface area contributed by atoms with Gasteiger partial charge in [0, 0.05) is 0 Å². The van der Waals surface area contributed by atoms with Crippen molar-refractivity contribution in [2.45, 2.75) is 281 Å². The number of nitrogens with one attached hydrogen (secondary N) is 1. The quantitative estimate of drug-likeness (QED) is 0.0216. The van der Waals surface area contributed by atoms with Gasteiger partial charge in [-0.15, -0.1) is 0 Å². The molecule has 9 atom stereocenters. The summed E-state index contributed by atoms with van der Waals surface area (Å²) in [6, 6.07) is -1.18. The van der Waals surface area contributed by atoms with Crippen molar-refractivity contribution in [2.24, 2.45) is 0 Å². The molecule has 0 aromatic rings. The van der Waals surface area contributed by atoms with Crippen LogP contribution in [0.25, 0.3) is 0 Å². The smallest absolute Gasteiger partial charge is 0.249 e. The SMILES string of the molecule is CCCCCCCCCCC/C=C/CCCC(O)C(O)C(COC1OC(CO)C(O)C(O)C1O)NC(=O)C(O)CCCCCCCC/C=C\CCCCCCCCCCCCC. The highest BCUT2D eigenvalue weighted by molar-refractivity contribution is 5.80. The fourth-order valence-corrected chi connectivity index (χ4v) is 8.20. The molecule has 366 valence electrons. The van der Waals surface area contributed by atoms with E-state index in [0.717, 1.165) is 57.8 Å². The number of hydrogen-bond donors (Lipinski definition) is 8. The number of rotatable bonds is 43. The Morgan fingerprint density at radius 3 is 1.39 bits per heavy atom. The molecule has 0 saturated carbocycles. The molecule has 1 amide bonds. The highest BCUT2D eigenvalue weighted by Crippen LogP contribution is 2.23. The average molecular weight is 884 g/mol. The van der Waals surface area contributed by atoms with Gasteiger partial charge in [0.25, 0.3) is 0 Å². The molecular weight excluding hydrogens is 787 g/mol. The molecular formula is C51H97NO10. The maximum Gasteiger partial charge on any atom is 0.249 e. The lowest BCUT2D eigenvalue weighted by Gasteiger charge is -2.40. The number of allylic oxidation sites excluding steroid dienone is 4. The summed E-state index contributed by atoms with van der Waals surface area (Å²) >= 11 is 0. The predicted molar refractivity (Wildman–Crippen MR) is 252 cm³/mol. The van der Waals surface area contributed by atoms with Crippen molar-refractivity contribution in [3.8, 4) is 0 Å². The molecule has 0 aromatic heterocycles. The van der Waals surface area contributed by atoms with Gasteiger partial charge in [-0.3, -0.25) is 4.79 Å². The Morgan fingerprint density at radius 1 is 0.548 bits per heavy atom. The van der Waals surface area contributed by atoms with E-state index in [-0.39, 0.29) is 12.8 Å². The van der Waals surface area contributed by atoms with Crippen LogP contribution in [0.1, 0.15) is 226 Å². The Hall–Kier alpha value is -1.41. The van der Waals surface area contributed by atoms with Crippen LogP contribution in [0.15, 0.2) is 24.3 Å². The molecule has 1 aliphatic rings. The molecule has 11 heteroatoms. The van der Waals surface area contributed by atoms with Gasteiger partial charge in [0.1, 0.15) is 36.6 Å². The third-order valence-electron chi connectivity index (χ3n) is 12.5. The van der Waals surface area contributed by atoms with Gasteiger partial charge in [-0.25, -0.2) is 0 Å². The van der Waals surface area contributed by atoms with E-state index in [2.05, 4.69) is 43.5 Å². The third kappa shape index (κ3) is 29.9. The summed E-state index contributed by atoms with van der Waals surface area (Å²) in [5.74, 6) is -0.710. The topological polar surface area (TPSA) is 189 Å². The van der Waals surface area contributed by atoms with Crippen LogP contribution >= 0.6 is 0 Å². The van der Waals surface area contributed by atoms with Gasteiger partial charge >= 0.3 is 0 Å². The van der Waals surface area contributed by atoms with Gasteiger partial charge in [0.05, 0.1) is 25.4 Å². The number of carbonyl (C=O) groups excluding carboxylic acids is 1. The number of unbranched alkanes of at least 4 members (excludes halogenated alkanes) is 27. The van der Waals surface area contributed by atoms with Crippen molar-refractivity contribution in [1.82, 2.24) is 5.32 Å². The van der Waals surface area contributed by atoms with Crippen LogP contribution in [0, 0.1) is 0 Å². The Balaban J connectivity index is 2.39. The van der Waals surface area contributed by atoms with Crippen molar-refractivity contribution in [3.05, 3.63) is 24.3 Å². The van der Waals surface area contributed by atoms with Crippen LogP contribution in [-0.2, 0) is 14.3 Å². The summed E-state index contributed by atoms with van der Waals surface area (Å²) in [4.78, 5) is 13.1. The molecule has 1 saturated heterocycles. The first-order chi connectivity index (χ1) is 30.2. The van der Waals surface area contributed by atoms with E-state index >= 15 is 0 Å². The van der Waals surface area contributed by atoms with E-state index in [9.17, 15) is 40.5 Å². The number of aliphatic hydroxyl groups excluding tert-OH is 7. The van der Waals surface area contributed by atoms with Crippen molar-refractivity contribution >= 4 is 5.91 Å². The second kappa shape index (κ2) is 41.1. The minimum absolute atomic E-state index is 0.248. The highest BCUT2D eigenvalue weighted by Gasteiger charge is 2.44. The lowest BCUT2D eigenvalue weighted by atomic mass is 9.98. The fourth-order valence-electron chi connectivity index (χ4n) is 8.20. The Kier molecular flexibility index (Phi) is 38.8. The van der Waals surface area contributed by atoms with Crippen LogP contribution in [0.2, 0.25) is 0 Å². The van der Waals surface area contributed by atoms with Gasteiger partial charge in [0.15, 0.2) is 6.29 Å². The van der Waals surface area contributed by atoms with E-state index in [1.165, 1.54) is 128 Å². The Morgan fingerprint density at radius 2 is 0.952 bits per heavy atom. The molecule has 0 bridgehead atoms. The molecule has 1 rings (SSSR count). The second-order valence-electron chi connectivity index (χ2n) is 18.2. The molecule has 62 heavy (non-hydrogen) atoms. The minimum Gasteiger partial charge on any atom is -0.394 e. The number of hydrogen-bond acceptors (Lipinski definition) is 10. The summed E-state index contributed by atoms with van der Waals surface area (Å²) in [6.45, 7) is 3.43. The molecule has 0 aliphatic carbocycles. The zero-order valence-electron chi connectivity index (χ0n) is 39.6. The van der Waals surface area contributed by atoms with Crippen molar-refractivity contribution in [2.75, 3.05) is 13.2 Å². The van der Waals surface area contributed by atoms with E-state index in [0.29, 0.717) is 12.8 Å².